The van der Waals surface area contributed by atoms with Gasteiger partial charge in [0.1, 0.15) is 11.5 Å². The van der Waals surface area contributed by atoms with Crippen molar-refractivity contribution in [2.45, 2.75) is 52.7 Å². The SMILES string of the molecule is CCN(CC)C(=O)Oc1cc(OC)cc(B2OC(C)(C)C(C)(C)O2)c1. The summed E-state index contributed by atoms with van der Waals surface area (Å²) in [5.41, 5.74) is -0.141. The van der Waals surface area contributed by atoms with E-state index in [9.17, 15) is 4.79 Å². The van der Waals surface area contributed by atoms with Crippen molar-refractivity contribution in [3.8, 4) is 11.5 Å². The van der Waals surface area contributed by atoms with Gasteiger partial charge in [-0.1, -0.05) is 0 Å². The van der Waals surface area contributed by atoms with Crippen molar-refractivity contribution < 1.29 is 23.6 Å². The van der Waals surface area contributed by atoms with Gasteiger partial charge >= 0.3 is 13.2 Å². The number of methoxy groups -OCH3 is 1. The summed E-state index contributed by atoms with van der Waals surface area (Å²) in [5, 5.41) is 0. The van der Waals surface area contributed by atoms with Crippen LogP contribution in [0.5, 0.6) is 11.5 Å². The number of nitrogens with zero attached hydrogens (tertiary/aromatic N) is 1. The van der Waals surface area contributed by atoms with Crippen LogP contribution in [-0.2, 0) is 9.31 Å². The maximum absolute atomic E-state index is 12.2. The van der Waals surface area contributed by atoms with E-state index in [1.54, 1.807) is 24.1 Å². The monoisotopic (exact) mass is 349 g/mol. The average molecular weight is 349 g/mol. The molecule has 1 heterocycles. The number of amides is 1. The summed E-state index contributed by atoms with van der Waals surface area (Å²) < 4.78 is 23.0. The smallest absolute Gasteiger partial charge is 0.495 e. The Balaban J connectivity index is 2.28. The van der Waals surface area contributed by atoms with Crippen molar-refractivity contribution in [2.75, 3.05) is 20.2 Å². The molecule has 0 N–H and O–H groups in total. The van der Waals surface area contributed by atoms with E-state index in [0.717, 1.165) is 5.46 Å². The highest BCUT2D eigenvalue weighted by Crippen LogP contribution is 2.37. The molecule has 1 aromatic carbocycles. The molecule has 0 spiro atoms. The van der Waals surface area contributed by atoms with E-state index < -0.39 is 24.4 Å². The van der Waals surface area contributed by atoms with Gasteiger partial charge in [0.2, 0.25) is 0 Å². The molecular formula is C18H28BNO5. The first kappa shape index (κ1) is 19.6. The Bertz CT molecular complexity index is 612. The van der Waals surface area contributed by atoms with Gasteiger partial charge in [-0.05, 0) is 59.1 Å². The lowest BCUT2D eigenvalue weighted by molar-refractivity contribution is 0.00578. The third-order valence-electron chi connectivity index (χ3n) is 4.89. The first-order chi connectivity index (χ1) is 11.6. The topological polar surface area (TPSA) is 57.2 Å². The van der Waals surface area contributed by atoms with Crippen LogP contribution in [0.25, 0.3) is 0 Å². The third-order valence-corrected chi connectivity index (χ3v) is 4.89. The third kappa shape index (κ3) is 4.10. The molecule has 1 saturated heterocycles. The normalized spacial score (nSPS) is 18.1. The fraction of sp³-hybridized carbons (Fsp3) is 0.611. The van der Waals surface area contributed by atoms with E-state index >= 15 is 0 Å². The summed E-state index contributed by atoms with van der Waals surface area (Å²) >= 11 is 0. The lowest BCUT2D eigenvalue weighted by Crippen LogP contribution is -2.41. The molecule has 1 fully saturated rings. The Hall–Kier alpha value is -1.73. The van der Waals surface area contributed by atoms with Crippen LogP contribution in [0.4, 0.5) is 4.79 Å². The number of hydrogen-bond donors (Lipinski definition) is 0. The van der Waals surface area contributed by atoms with Gasteiger partial charge < -0.3 is 23.7 Å². The number of benzene rings is 1. The van der Waals surface area contributed by atoms with Crippen LogP contribution in [0.3, 0.4) is 0 Å². The molecule has 0 unspecified atom stereocenters. The summed E-state index contributed by atoms with van der Waals surface area (Å²) in [4.78, 5) is 13.8. The number of carbonyl (C=O) groups excluding carboxylic acids is 1. The zero-order chi connectivity index (χ0) is 18.8. The second-order valence-electron chi connectivity index (χ2n) is 7.07. The molecule has 1 aromatic rings. The van der Waals surface area contributed by atoms with Crippen molar-refractivity contribution in [3.63, 3.8) is 0 Å². The minimum atomic E-state index is -0.550. The molecule has 0 atom stereocenters. The highest BCUT2D eigenvalue weighted by molar-refractivity contribution is 6.62. The van der Waals surface area contributed by atoms with Gasteiger partial charge in [0.05, 0.1) is 18.3 Å². The fourth-order valence-corrected chi connectivity index (χ4v) is 2.53. The van der Waals surface area contributed by atoms with Gasteiger partial charge in [-0.15, -0.1) is 0 Å². The molecule has 0 bridgehead atoms. The highest BCUT2D eigenvalue weighted by Gasteiger charge is 2.51. The van der Waals surface area contributed by atoms with Gasteiger partial charge in [0.15, 0.2) is 0 Å². The molecule has 1 aliphatic rings. The highest BCUT2D eigenvalue weighted by atomic mass is 16.7. The lowest BCUT2D eigenvalue weighted by atomic mass is 9.79. The molecule has 2 rings (SSSR count). The van der Waals surface area contributed by atoms with Crippen LogP contribution >= 0.6 is 0 Å². The molecule has 25 heavy (non-hydrogen) atoms. The average Bonchev–Trinajstić information content (AvgIpc) is 2.76. The largest absolute Gasteiger partial charge is 0.497 e. The maximum Gasteiger partial charge on any atom is 0.495 e. The van der Waals surface area contributed by atoms with Crippen molar-refractivity contribution in [1.29, 1.82) is 0 Å². The predicted octanol–water partition coefficient (Wildman–Crippen LogP) is 2.84. The molecule has 0 radical (unpaired) electrons. The molecule has 1 amide bonds. The van der Waals surface area contributed by atoms with E-state index in [4.69, 9.17) is 18.8 Å². The quantitative estimate of drug-likeness (QED) is 0.765. The second-order valence-corrected chi connectivity index (χ2v) is 7.07. The summed E-state index contributed by atoms with van der Waals surface area (Å²) in [6, 6.07) is 5.26. The molecule has 0 aromatic heterocycles. The van der Waals surface area contributed by atoms with E-state index in [2.05, 4.69) is 0 Å². The second kappa shape index (κ2) is 7.26. The van der Waals surface area contributed by atoms with Crippen LogP contribution in [0.15, 0.2) is 18.2 Å². The molecule has 1 aliphatic heterocycles. The van der Waals surface area contributed by atoms with Crippen LogP contribution in [0.2, 0.25) is 0 Å². The fourth-order valence-electron chi connectivity index (χ4n) is 2.53. The van der Waals surface area contributed by atoms with Crippen LogP contribution in [0.1, 0.15) is 41.5 Å². The summed E-state index contributed by atoms with van der Waals surface area (Å²) in [7, 11) is 1.02. The predicted molar refractivity (Wildman–Crippen MR) is 97.7 cm³/mol. The Morgan fingerprint density at radius 2 is 1.56 bits per heavy atom. The maximum atomic E-state index is 12.2. The first-order valence-corrected chi connectivity index (χ1v) is 8.65. The van der Waals surface area contributed by atoms with Gasteiger partial charge in [-0.25, -0.2) is 4.79 Å². The lowest BCUT2D eigenvalue weighted by Gasteiger charge is -2.32. The molecular weight excluding hydrogens is 321 g/mol. The molecule has 0 saturated carbocycles. The Kier molecular flexibility index (Phi) is 5.69. The molecule has 6 nitrogen and oxygen atoms in total. The van der Waals surface area contributed by atoms with Gasteiger partial charge in [0.25, 0.3) is 0 Å². The zero-order valence-corrected chi connectivity index (χ0v) is 16.2. The Labute approximate surface area is 150 Å². The van der Waals surface area contributed by atoms with Crippen molar-refractivity contribution in [2.24, 2.45) is 0 Å². The van der Waals surface area contributed by atoms with Gasteiger partial charge in [-0.2, -0.15) is 0 Å². The molecule has 7 heteroatoms. The summed E-state index contributed by atoms with van der Waals surface area (Å²) in [5.74, 6) is 0.982. The standard InChI is InChI=1S/C18H28BNO5/c1-8-20(9-2)16(21)23-15-11-13(10-14(12-15)22-7)19-24-17(3,4)18(5,6)25-19/h10-12H,8-9H2,1-7H3. The van der Waals surface area contributed by atoms with Gasteiger partial charge in [-0.3, -0.25) is 0 Å². The minimum Gasteiger partial charge on any atom is -0.497 e. The van der Waals surface area contributed by atoms with E-state index in [0.29, 0.717) is 24.6 Å². The van der Waals surface area contributed by atoms with E-state index in [1.807, 2.05) is 47.6 Å². The van der Waals surface area contributed by atoms with Crippen molar-refractivity contribution in [3.05, 3.63) is 18.2 Å². The zero-order valence-electron chi connectivity index (χ0n) is 16.2. The number of carbonyl (C=O) groups is 1. The van der Waals surface area contributed by atoms with Crippen molar-refractivity contribution >= 4 is 18.7 Å². The Morgan fingerprint density at radius 1 is 1.04 bits per heavy atom. The van der Waals surface area contributed by atoms with Gasteiger partial charge in [0, 0.05) is 19.2 Å². The number of rotatable bonds is 5. The Morgan fingerprint density at radius 3 is 2.04 bits per heavy atom. The molecule has 138 valence electrons. The van der Waals surface area contributed by atoms with Crippen LogP contribution in [-0.4, -0.2) is 49.5 Å². The van der Waals surface area contributed by atoms with Crippen LogP contribution < -0.4 is 14.9 Å². The van der Waals surface area contributed by atoms with Crippen LogP contribution in [0, 0.1) is 0 Å². The molecule has 0 aliphatic carbocycles. The van der Waals surface area contributed by atoms with E-state index in [-0.39, 0.29) is 0 Å². The summed E-state index contributed by atoms with van der Waals surface area (Å²) in [6.07, 6.45) is -0.391. The first-order valence-electron chi connectivity index (χ1n) is 8.65. The number of hydrogen-bond acceptors (Lipinski definition) is 5. The van der Waals surface area contributed by atoms with Crippen molar-refractivity contribution in [1.82, 2.24) is 4.90 Å². The van der Waals surface area contributed by atoms with E-state index in [1.165, 1.54) is 0 Å². The summed E-state index contributed by atoms with van der Waals surface area (Å²) in [6.45, 7) is 13.0. The number of ether oxygens (including phenoxy) is 2. The minimum absolute atomic E-state index is 0.391.